The Hall–Kier alpha value is -1.17. The van der Waals surface area contributed by atoms with Crippen LogP contribution in [-0.2, 0) is 0 Å². The number of pyridine rings is 1. The molecule has 0 aromatic carbocycles. The van der Waals surface area contributed by atoms with E-state index >= 15 is 0 Å². The van der Waals surface area contributed by atoms with Crippen LogP contribution in [0.25, 0.3) is 0 Å². The van der Waals surface area contributed by atoms with Gasteiger partial charge in [0.2, 0.25) is 0 Å². The fraction of sp³-hybridized carbons (Fsp3) is 0.286. The van der Waals surface area contributed by atoms with E-state index in [9.17, 15) is 17.6 Å². The molecule has 0 unspecified atom stereocenters. The first kappa shape index (κ1) is 9.91. The van der Waals surface area contributed by atoms with Crippen LogP contribution in [0.3, 0.4) is 0 Å². The lowest BCUT2D eigenvalue weighted by atomic mass is 10.1. The zero-order valence-electron chi connectivity index (χ0n) is 6.22. The average molecular weight is 195 g/mol. The molecule has 0 spiro atoms. The van der Waals surface area contributed by atoms with Crippen LogP contribution in [0.5, 0.6) is 0 Å². The zero-order valence-corrected chi connectivity index (χ0v) is 6.22. The van der Waals surface area contributed by atoms with Crippen molar-refractivity contribution < 1.29 is 22.7 Å². The predicted octanol–water partition coefficient (Wildman–Crippen LogP) is 1.82. The summed E-state index contributed by atoms with van der Waals surface area (Å²) in [5.41, 5.74) is -0.817. The van der Waals surface area contributed by atoms with Gasteiger partial charge >= 0.3 is 6.18 Å². The molecule has 0 bridgehead atoms. The van der Waals surface area contributed by atoms with E-state index in [1.165, 1.54) is 0 Å². The van der Waals surface area contributed by atoms with Crippen LogP contribution in [0.4, 0.5) is 17.6 Å². The van der Waals surface area contributed by atoms with E-state index in [0.717, 1.165) is 12.3 Å². The number of halogens is 4. The number of hydrogen-bond acceptors (Lipinski definition) is 2. The summed E-state index contributed by atoms with van der Waals surface area (Å²) >= 11 is 0. The van der Waals surface area contributed by atoms with Crippen LogP contribution >= 0.6 is 0 Å². The third kappa shape index (κ3) is 2.15. The molecular formula is C7H5F4NO. The monoisotopic (exact) mass is 195 g/mol. The third-order valence-corrected chi connectivity index (χ3v) is 1.41. The summed E-state index contributed by atoms with van der Waals surface area (Å²) in [5, 5.41) is 8.65. The van der Waals surface area contributed by atoms with Gasteiger partial charge in [0.1, 0.15) is 5.82 Å². The van der Waals surface area contributed by atoms with Crippen molar-refractivity contribution in [2.45, 2.75) is 12.3 Å². The molecular weight excluding hydrogens is 190 g/mol. The molecule has 6 heteroatoms. The van der Waals surface area contributed by atoms with Gasteiger partial charge in [0.15, 0.2) is 6.10 Å². The molecule has 1 aromatic rings. The van der Waals surface area contributed by atoms with Gasteiger partial charge in [-0.2, -0.15) is 13.2 Å². The maximum Gasteiger partial charge on any atom is 0.418 e. The number of aliphatic hydroxyl groups excluding tert-OH is 1. The van der Waals surface area contributed by atoms with Crippen LogP contribution in [-0.4, -0.2) is 16.3 Å². The minimum absolute atomic E-state index is 0.615. The first-order valence-corrected chi connectivity index (χ1v) is 3.27. The summed E-state index contributed by atoms with van der Waals surface area (Å²) in [6.45, 7) is 0. The second-order valence-electron chi connectivity index (χ2n) is 2.34. The van der Waals surface area contributed by atoms with Crippen molar-refractivity contribution in [2.24, 2.45) is 0 Å². The summed E-state index contributed by atoms with van der Waals surface area (Å²) in [7, 11) is 0. The van der Waals surface area contributed by atoms with Crippen molar-refractivity contribution in [3.8, 4) is 0 Å². The largest absolute Gasteiger partial charge is 0.418 e. The van der Waals surface area contributed by atoms with E-state index in [1.807, 2.05) is 0 Å². The van der Waals surface area contributed by atoms with Crippen LogP contribution in [0, 0.1) is 5.82 Å². The molecule has 1 aromatic heterocycles. The van der Waals surface area contributed by atoms with Crippen LogP contribution < -0.4 is 0 Å². The lowest BCUT2D eigenvalue weighted by molar-refractivity contribution is -0.207. The second-order valence-corrected chi connectivity index (χ2v) is 2.34. The summed E-state index contributed by atoms with van der Waals surface area (Å²) in [6, 6.07) is 0.785. The third-order valence-electron chi connectivity index (χ3n) is 1.41. The average Bonchev–Trinajstić information content (AvgIpc) is 2.02. The topological polar surface area (TPSA) is 33.1 Å². The van der Waals surface area contributed by atoms with Crippen LogP contribution in [0.15, 0.2) is 18.5 Å². The highest BCUT2D eigenvalue weighted by Gasteiger charge is 2.40. The van der Waals surface area contributed by atoms with Gasteiger partial charge in [0.05, 0.1) is 6.20 Å². The van der Waals surface area contributed by atoms with Crippen molar-refractivity contribution in [1.82, 2.24) is 4.98 Å². The van der Waals surface area contributed by atoms with Crippen molar-refractivity contribution in [3.63, 3.8) is 0 Å². The summed E-state index contributed by atoms with van der Waals surface area (Å²) < 4.78 is 48.3. The molecule has 2 nitrogen and oxygen atoms in total. The normalized spacial score (nSPS) is 14.2. The molecule has 0 aliphatic carbocycles. The van der Waals surface area contributed by atoms with Crippen molar-refractivity contribution in [1.29, 1.82) is 0 Å². The molecule has 72 valence electrons. The number of nitrogens with zero attached hydrogens (tertiary/aromatic N) is 1. The van der Waals surface area contributed by atoms with E-state index in [1.54, 1.807) is 0 Å². The SMILES string of the molecule is O[C@H](c1ccncc1F)C(F)(F)F. The fourth-order valence-electron chi connectivity index (χ4n) is 0.784. The maximum absolute atomic E-state index is 12.6. The Bertz CT molecular complexity index is 299. The molecule has 13 heavy (non-hydrogen) atoms. The van der Waals surface area contributed by atoms with Gasteiger partial charge in [-0.3, -0.25) is 4.98 Å². The molecule has 0 saturated carbocycles. The number of alkyl halides is 3. The highest BCUT2D eigenvalue weighted by Crippen LogP contribution is 2.32. The predicted molar refractivity (Wildman–Crippen MR) is 35.2 cm³/mol. The van der Waals surface area contributed by atoms with E-state index in [2.05, 4.69) is 4.98 Å². The minimum atomic E-state index is -4.86. The summed E-state index contributed by atoms with van der Waals surface area (Å²) in [4.78, 5) is 3.26. The Labute approximate surface area is 70.8 Å². The minimum Gasteiger partial charge on any atom is -0.379 e. The molecule has 1 atom stereocenters. The van der Waals surface area contributed by atoms with Crippen molar-refractivity contribution >= 4 is 0 Å². The Balaban J connectivity index is 3.02. The molecule has 0 saturated heterocycles. The first-order valence-electron chi connectivity index (χ1n) is 3.27. The van der Waals surface area contributed by atoms with E-state index < -0.39 is 23.7 Å². The Kier molecular flexibility index (Phi) is 2.51. The standard InChI is InChI=1S/C7H5F4NO/c8-5-3-12-2-1-4(5)6(13)7(9,10)11/h1-3,6,13H/t6-/m1/s1. The van der Waals surface area contributed by atoms with Crippen molar-refractivity contribution in [2.75, 3.05) is 0 Å². The molecule has 0 fully saturated rings. The van der Waals surface area contributed by atoms with Gasteiger partial charge < -0.3 is 5.11 Å². The first-order chi connectivity index (χ1) is 5.93. The number of aromatic nitrogens is 1. The van der Waals surface area contributed by atoms with Gasteiger partial charge in [-0.25, -0.2) is 4.39 Å². The highest BCUT2D eigenvalue weighted by atomic mass is 19.4. The molecule has 0 aliphatic rings. The van der Waals surface area contributed by atoms with E-state index in [4.69, 9.17) is 5.11 Å². The number of hydrogen-bond donors (Lipinski definition) is 1. The zero-order chi connectivity index (χ0) is 10.1. The number of rotatable bonds is 1. The lowest BCUT2D eigenvalue weighted by Gasteiger charge is -2.14. The van der Waals surface area contributed by atoms with E-state index in [-0.39, 0.29) is 0 Å². The molecule has 0 amide bonds. The Morgan fingerprint density at radius 1 is 1.38 bits per heavy atom. The van der Waals surface area contributed by atoms with Gasteiger partial charge in [-0.05, 0) is 6.07 Å². The molecule has 1 N–H and O–H groups in total. The Morgan fingerprint density at radius 3 is 2.46 bits per heavy atom. The second kappa shape index (κ2) is 3.29. The number of aliphatic hydroxyl groups is 1. The smallest absolute Gasteiger partial charge is 0.379 e. The van der Waals surface area contributed by atoms with Crippen LogP contribution in [0.1, 0.15) is 11.7 Å². The van der Waals surface area contributed by atoms with Crippen LogP contribution in [0.2, 0.25) is 0 Å². The van der Waals surface area contributed by atoms with Gasteiger partial charge in [-0.1, -0.05) is 0 Å². The summed E-state index contributed by atoms with van der Waals surface area (Å²) in [5.74, 6) is -1.17. The van der Waals surface area contributed by atoms with Crippen molar-refractivity contribution in [3.05, 3.63) is 29.8 Å². The molecule has 1 heterocycles. The molecule has 0 aliphatic heterocycles. The van der Waals surface area contributed by atoms with Gasteiger partial charge in [-0.15, -0.1) is 0 Å². The fourth-order valence-corrected chi connectivity index (χ4v) is 0.784. The lowest BCUT2D eigenvalue weighted by Crippen LogP contribution is -2.21. The molecule has 1 rings (SSSR count). The maximum atomic E-state index is 12.6. The van der Waals surface area contributed by atoms with Gasteiger partial charge in [0, 0.05) is 11.8 Å². The molecule has 0 radical (unpaired) electrons. The van der Waals surface area contributed by atoms with Gasteiger partial charge in [0.25, 0.3) is 0 Å². The highest BCUT2D eigenvalue weighted by molar-refractivity contribution is 5.16. The van der Waals surface area contributed by atoms with E-state index in [0.29, 0.717) is 6.20 Å². The quantitative estimate of drug-likeness (QED) is 0.693. The Morgan fingerprint density at radius 2 is 2.00 bits per heavy atom. The summed E-state index contributed by atoms with van der Waals surface area (Å²) in [6.07, 6.45) is -6.06.